The highest BCUT2D eigenvalue weighted by Gasteiger charge is 2.16. The lowest BCUT2D eigenvalue weighted by atomic mass is 9.98. The summed E-state index contributed by atoms with van der Waals surface area (Å²) in [7, 11) is 0. The molecular formula is C8H13N2O2+. The van der Waals surface area contributed by atoms with E-state index >= 15 is 0 Å². The second-order valence-electron chi connectivity index (χ2n) is 2.96. The van der Waals surface area contributed by atoms with Crippen molar-refractivity contribution in [1.29, 1.82) is 5.39 Å². The van der Waals surface area contributed by atoms with E-state index in [0.29, 0.717) is 0 Å². The smallest absolute Gasteiger partial charge is 0.429 e. The van der Waals surface area contributed by atoms with E-state index in [1.54, 1.807) is 0 Å². The van der Waals surface area contributed by atoms with Crippen molar-refractivity contribution in [3.63, 3.8) is 0 Å². The summed E-state index contributed by atoms with van der Waals surface area (Å²) in [6, 6.07) is 0. The summed E-state index contributed by atoms with van der Waals surface area (Å²) in [6.45, 7) is 0. The number of rotatable bonds is 2. The Morgan fingerprint density at radius 2 is 2.08 bits per heavy atom. The minimum Gasteiger partial charge on any atom is -0.476 e. The van der Waals surface area contributed by atoms with Gasteiger partial charge in [0, 0.05) is 0 Å². The van der Waals surface area contributed by atoms with Crippen molar-refractivity contribution in [1.82, 2.24) is 0 Å². The molecule has 0 unspecified atom stereocenters. The van der Waals surface area contributed by atoms with Crippen LogP contribution >= 0.6 is 0 Å². The minimum atomic E-state index is -0.301. The van der Waals surface area contributed by atoms with Crippen molar-refractivity contribution >= 4 is 0 Å². The van der Waals surface area contributed by atoms with Gasteiger partial charge in [-0.2, -0.15) is 0 Å². The van der Waals surface area contributed by atoms with Gasteiger partial charge in [-0.25, -0.2) is 0 Å². The Labute approximate surface area is 71.5 Å². The molecule has 0 aromatic heterocycles. The summed E-state index contributed by atoms with van der Waals surface area (Å²) < 4.78 is 5.09. The van der Waals surface area contributed by atoms with Crippen LogP contribution < -0.4 is 0 Å². The van der Waals surface area contributed by atoms with Gasteiger partial charge in [-0.1, -0.05) is 6.42 Å². The largest absolute Gasteiger partial charge is 0.476 e. The fraction of sp³-hybridized carbons (Fsp3) is 0.750. The SMILES string of the molecule is N#[N+]/C=C(/O)OC1CCCCC1. The monoisotopic (exact) mass is 169 g/mol. The van der Waals surface area contributed by atoms with Crippen LogP contribution in [-0.4, -0.2) is 11.2 Å². The standard InChI is InChI=1S/C8H12N2O2/c9-10-6-8(11)12-7-4-2-1-3-5-7/h6-7H,1-5H2/p+1/b8-6-. The molecule has 4 nitrogen and oxygen atoms in total. The number of ether oxygens (including phenoxy) is 1. The molecule has 0 spiro atoms. The molecule has 0 aliphatic heterocycles. The first-order valence-electron chi connectivity index (χ1n) is 4.23. The molecule has 0 aromatic carbocycles. The van der Waals surface area contributed by atoms with Crippen LogP contribution in [-0.2, 0) is 4.74 Å². The summed E-state index contributed by atoms with van der Waals surface area (Å²) in [6.07, 6.45) is 6.48. The van der Waals surface area contributed by atoms with Gasteiger partial charge in [0.2, 0.25) is 5.39 Å². The number of aliphatic hydroxyl groups is 1. The van der Waals surface area contributed by atoms with Gasteiger partial charge in [-0.05, 0) is 25.7 Å². The zero-order valence-electron chi connectivity index (χ0n) is 6.94. The lowest BCUT2D eigenvalue weighted by Crippen LogP contribution is -2.15. The zero-order chi connectivity index (χ0) is 8.81. The Balaban J connectivity index is 2.30. The Morgan fingerprint density at radius 3 is 2.67 bits per heavy atom. The van der Waals surface area contributed by atoms with Crippen LogP contribution in [0.4, 0.5) is 0 Å². The first kappa shape index (κ1) is 8.85. The van der Waals surface area contributed by atoms with Gasteiger partial charge in [0.05, 0.1) is 0 Å². The number of hydrogen-bond acceptors (Lipinski definition) is 3. The molecule has 1 saturated carbocycles. The molecule has 0 radical (unpaired) electrons. The van der Waals surface area contributed by atoms with E-state index < -0.39 is 0 Å². The maximum absolute atomic E-state index is 8.99. The van der Waals surface area contributed by atoms with E-state index in [-0.39, 0.29) is 12.0 Å². The molecule has 4 heteroatoms. The average Bonchev–Trinajstić information content (AvgIpc) is 2.06. The van der Waals surface area contributed by atoms with Gasteiger partial charge in [0.25, 0.3) is 0 Å². The molecular weight excluding hydrogens is 156 g/mol. The molecule has 12 heavy (non-hydrogen) atoms. The molecule has 1 rings (SSSR count). The van der Waals surface area contributed by atoms with Gasteiger partial charge < -0.3 is 9.84 Å². The maximum Gasteiger partial charge on any atom is 0.429 e. The number of nitrogens with zero attached hydrogens (tertiary/aromatic N) is 2. The second-order valence-corrected chi connectivity index (χ2v) is 2.96. The third-order valence-electron chi connectivity index (χ3n) is 2.01. The summed E-state index contributed by atoms with van der Waals surface area (Å²) in [5, 5.41) is 17.1. The molecule has 0 atom stereocenters. The van der Waals surface area contributed by atoms with Gasteiger partial charge in [0.1, 0.15) is 6.10 Å². The lowest BCUT2D eigenvalue weighted by Gasteiger charge is -2.20. The number of hydrogen-bond donors (Lipinski definition) is 1. The van der Waals surface area contributed by atoms with Crippen LogP contribution in [0.25, 0.3) is 4.98 Å². The Hall–Kier alpha value is -1.24. The van der Waals surface area contributed by atoms with Crippen molar-refractivity contribution in [3.05, 3.63) is 17.1 Å². The molecule has 1 fully saturated rings. The lowest BCUT2D eigenvalue weighted by molar-refractivity contribution is 0.0128. The molecule has 0 amide bonds. The van der Waals surface area contributed by atoms with E-state index in [2.05, 4.69) is 4.98 Å². The highest BCUT2D eigenvalue weighted by Crippen LogP contribution is 2.21. The van der Waals surface area contributed by atoms with Crippen molar-refractivity contribution < 1.29 is 9.84 Å². The van der Waals surface area contributed by atoms with E-state index in [9.17, 15) is 0 Å². The van der Waals surface area contributed by atoms with Gasteiger partial charge in [-0.3, -0.25) is 0 Å². The molecule has 1 aliphatic rings. The predicted molar refractivity (Wildman–Crippen MR) is 43.8 cm³/mol. The van der Waals surface area contributed by atoms with Crippen LogP contribution in [0.5, 0.6) is 0 Å². The molecule has 0 aromatic rings. The average molecular weight is 169 g/mol. The minimum absolute atomic E-state index is 0.0942. The topological polar surface area (TPSA) is 57.6 Å². The van der Waals surface area contributed by atoms with Crippen LogP contribution in [0.2, 0.25) is 0 Å². The molecule has 0 heterocycles. The van der Waals surface area contributed by atoms with Crippen molar-refractivity contribution in [3.8, 4) is 0 Å². The van der Waals surface area contributed by atoms with Crippen molar-refractivity contribution in [2.45, 2.75) is 38.2 Å². The quantitative estimate of drug-likeness (QED) is 0.510. The van der Waals surface area contributed by atoms with Gasteiger partial charge in [0.15, 0.2) is 4.98 Å². The highest BCUT2D eigenvalue weighted by molar-refractivity contribution is 4.88. The third-order valence-corrected chi connectivity index (χ3v) is 2.01. The summed E-state index contributed by atoms with van der Waals surface area (Å²) in [5.74, 6) is -0.301. The fourth-order valence-electron chi connectivity index (χ4n) is 1.43. The highest BCUT2D eigenvalue weighted by atomic mass is 16.6. The van der Waals surface area contributed by atoms with Crippen LogP contribution in [0.3, 0.4) is 0 Å². The van der Waals surface area contributed by atoms with Crippen LogP contribution in [0, 0.1) is 5.39 Å². The fourth-order valence-corrected chi connectivity index (χ4v) is 1.43. The molecule has 66 valence electrons. The Bertz CT molecular complexity index is 202. The van der Waals surface area contributed by atoms with E-state index in [1.807, 2.05) is 0 Å². The zero-order valence-corrected chi connectivity index (χ0v) is 6.94. The number of diazo groups is 1. The van der Waals surface area contributed by atoms with Crippen LogP contribution in [0.15, 0.2) is 12.1 Å². The Morgan fingerprint density at radius 1 is 1.42 bits per heavy atom. The van der Waals surface area contributed by atoms with E-state index in [1.165, 1.54) is 6.42 Å². The number of aliphatic hydroxyl groups excluding tert-OH is 1. The first-order valence-corrected chi connectivity index (χ1v) is 4.23. The van der Waals surface area contributed by atoms with E-state index in [0.717, 1.165) is 31.9 Å². The maximum atomic E-state index is 8.99. The first-order chi connectivity index (χ1) is 5.83. The molecule has 0 saturated heterocycles. The molecule has 1 aliphatic carbocycles. The second kappa shape index (κ2) is 4.60. The summed E-state index contributed by atoms with van der Waals surface area (Å²) in [4.78, 5) is 2.66. The predicted octanol–water partition coefficient (Wildman–Crippen LogP) is 2.55. The summed E-state index contributed by atoms with van der Waals surface area (Å²) in [5.41, 5.74) is 0. The van der Waals surface area contributed by atoms with E-state index in [4.69, 9.17) is 15.2 Å². The Kier molecular flexibility index (Phi) is 3.39. The molecule has 0 bridgehead atoms. The van der Waals surface area contributed by atoms with Crippen molar-refractivity contribution in [2.75, 3.05) is 0 Å². The molecule has 1 N–H and O–H groups in total. The van der Waals surface area contributed by atoms with Gasteiger partial charge in [-0.15, -0.1) is 0 Å². The summed E-state index contributed by atoms with van der Waals surface area (Å²) >= 11 is 0. The van der Waals surface area contributed by atoms with Crippen LogP contribution in [0.1, 0.15) is 32.1 Å². The van der Waals surface area contributed by atoms with Crippen molar-refractivity contribution in [2.24, 2.45) is 0 Å². The normalized spacial score (nSPS) is 20.1. The third kappa shape index (κ3) is 2.79. The van der Waals surface area contributed by atoms with Gasteiger partial charge >= 0.3 is 12.1 Å².